The van der Waals surface area contributed by atoms with E-state index in [2.05, 4.69) is 20.9 Å². The van der Waals surface area contributed by atoms with Crippen LogP contribution in [-0.4, -0.2) is 11.9 Å². The minimum atomic E-state index is -0.476. The lowest BCUT2D eigenvalue weighted by Crippen LogP contribution is -2.05. The van der Waals surface area contributed by atoms with Crippen LogP contribution in [0.15, 0.2) is 88.0 Å². The maximum absolute atomic E-state index is 12.2. The van der Waals surface area contributed by atoms with Crippen LogP contribution in [0.5, 0.6) is 5.75 Å². The molecule has 0 fully saturated rings. The van der Waals surface area contributed by atoms with Gasteiger partial charge in [-0.05, 0) is 65.7 Å². The maximum Gasteiger partial charge on any atom is 0.363 e. The van der Waals surface area contributed by atoms with Gasteiger partial charge in [-0.15, -0.1) is 0 Å². The predicted octanol–water partition coefficient (Wildman–Crippen LogP) is 6.03. The van der Waals surface area contributed by atoms with Crippen molar-refractivity contribution in [3.05, 3.63) is 105 Å². The number of aliphatic imine (C=N–C) groups is 1. The molecule has 4 rings (SSSR count). The maximum atomic E-state index is 12.2. The number of hydrogen-bond donors (Lipinski definition) is 0. The van der Waals surface area contributed by atoms with E-state index in [1.54, 1.807) is 6.08 Å². The highest BCUT2D eigenvalue weighted by atomic mass is 79.9. The molecule has 1 aliphatic rings. The first kappa shape index (κ1) is 19.4. The van der Waals surface area contributed by atoms with Crippen LogP contribution in [0.4, 0.5) is 0 Å². The molecule has 4 nitrogen and oxygen atoms in total. The van der Waals surface area contributed by atoms with Crippen molar-refractivity contribution in [1.29, 1.82) is 0 Å². The van der Waals surface area contributed by atoms with Gasteiger partial charge in [-0.2, -0.15) is 0 Å². The van der Waals surface area contributed by atoms with Gasteiger partial charge >= 0.3 is 5.97 Å². The third kappa shape index (κ3) is 4.94. The molecule has 29 heavy (non-hydrogen) atoms. The Labute approximate surface area is 181 Å². The largest absolute Gasteiger partial charge is 0.489 e. The lowest BCUT2D eigenvalue weighted by molar-refractivity contribution is -0.129. The summed E-state index contributed by atoms with van der Waals surface area (Å²) in [6.07, 6.45) is 1.68. The average Bonchev–Trinajstić information content (AvgIpc) is 3.09. The van der Waals surface area contributed by atoms with Crippen molar-refractivity contribution < 1.29 is 14.3 Å². The summed E-state index contributed by atoms with van der Waals surface area (Å²) in [6, 6.07) is 22.4. The van der Waals surface area contributed by atoms with Crippen LogP contribution >= 0.6 is 27.5 Å². The van der Waals surface area contributed by atoms with Gasteiger partial charge in [0, 0.05) is 15.1 Å². The normalized spacial score (nSPS) is 14.6. The van der Waals surface area contributed by atoms with E-state index in [9.17, 15) is 4.79 Å². The number of esters is 1. The first-order chi connectivity index (χ1) is 14.1. The standard InChI is InChI=1S/C23H15BrClNO3/c24-18-8-6-17(7-9-18)22-26-21(23(27)29-22)13-16-2-1-3-20(12-16)28-14-15-4-10-19(25)11-5-15/h1-13H,14H2/b21-13+. The Kier molecular flexibility index (Phi) is 5.79. The van der Waals surface area contributed by atoms with E-state index in [0.29, 0.717) is 23.3 Å². The zero-order valence-electron chi connectivity index (χ0n) is 15.1. The summed E-state index contributed by atoms with van der Waals surface area (Å²) >= 11 is 9.28. The topological polar surface area (TPSA) is 47.9 Å². The highest BCUT2D eigenvalue weighted by Gasteiger charge is 2.24. The number of rotatable bonds is 5. The van der Waals surface area contributed by atoms with Crippen molar-refractivity contribution in [2.45, 2.75) is 6.61 Å². The molecular weight excluding hydrogens is 454 g/mol. The molecule has 6 heteroatoms. The van der Waals surface area contributed by atoms with E-state index in [1.807, 2.05) is 72.8 Å². The lowest BCUT2D eigenvalue weighted by Gasteiger charge is -2.07. The SMILES string of the molecule is O=C1OC(c2ccc(Br)cc2)=N/C1=C/c1cccc(OCc2ccc(Cl)cc2)c1. The van der Waals surface area contributed by atoms with Gasteiger partial charge in [-0.1, -0.05) is 51.8 Å². The molecule has 0 amide bonds. The summed E-state index contributed by atoms with van der Waals surface area (Å²) < 4.78 is 12.1. The zero-order chi connectivity index (χ0) is 20.2. The van der Waals surface area contributed by atoms with E-state index in [4.69, 9.17) is 21.1 Å². The first-order valence-electron chi connectivity index (χ1n) is 8.83. The van der Waals surface area contributed by atoms with Crippen LogP contribution < -0.4 is 4.74 Å². The third-order valence-corrected chi connectivity index (χ3v) is 4.97. The molecule has 3 aromatic carbocycles. The fourth-order valence-electron chi connectivity index (χ4n) is 2.72. The third-order valence-electron chi connectivity index (χ3n) is 4.19. The van der Waals surface area contributed by atoms with E-state index < -0.39 is 5.97 Å². The van der Waals surface area contributed by atoms with Crippen molar-refractivity contribution in [2.75, 3.05) is 0 Å². The van der Waals surface area contributed by atoms with Crippen LogP contribution in [0, 0.1) is 0 Å². The van der Waals surface area contributed by atoms with E-state index in [-0.39, 0.29) is 5.70 Å². The first-order valence-corrected chi connectivity index (χ1v) is 10.00. The van der Waals surface area contributed by atoms with Crippen LogP contribution in [0.2, 0.25) is 5.02 Å². The number of cyclic esters (lactones) is 1. The predicted molar refractivity (Wildman–Crippen MR) is 117 cm³/mol. The van der Waals surface area contributed by atoms with Crippen LogP contribution in [0.3, 0.4) is 0 Å². The molecule has 1 heterocycles. The molecule has 0 unspecified atom stereocenters. The molecule has 0 saturated heterocycles. The number of hydrogen-bond acceptors (Lipinski definition) is 4. The van der Waals surface area contributed by atoms with Crippen molar-refractivity contribution in [3.8, 4) is 5.75 Å². The second kappa shape index (κ2) is 8.64. The highest BCUT2D eigenvalue weighted by Crippen LogP contribution is 2.23. The quantitative estimate of drug-likeness (QED) is 0.339. The average molecular weight is 469 g/mol. The molecule has 1 aliphatic heterocycles. The van der Waals surface area contributed by atoms with Crippen LogP contribution in [0.1, 0.15) is 16.7 Å². The zero-order valence-corrected chi connectivity index (χ0v) is 17.5. The minimum absolute atomic E-state index is 0.248. The summed E-state index contributed by atoms with van der Waals surface area (Å²) in [7, 11) is 0. The summed E-state index contributed by atoms with van der Waals surface area (Å²) in [5, 5.41) is 0.689. The second-order valence-electron chi connectivity index (χ2n) is 6.33. The molecular formula is C23H15BrClNO3. The number of nitrogens with zero attached hydrogens (tertiary/aromatic N) is 1. The molecule has 0 aliphatic carbocycles. The van der Waals surface area contributed by atoms with Gasteiger partial charge in [0.15, 0.2) is 5.70 Å². The molecule has 0 spiro atoms. The molecule has 144 valence electrons. The Balaban J connectivity index is 1.50. The Morgan fingerprint density at radius 3 is 2.55 bits per heavy atom. The fraction of sp³-hybridized carbons (Fsp3) is 0.0435. The van der Waals surface area contributed by atoms with Crippen molar-refractivity contribution in [1.82, 2.24) is 0 Å². The fourth-order valence-corrected chi connectivity index (χ4v) is 3.11. The van der Waals surface area contributed by atoms with Gasteiger partial charge in [0.1, 0.15) is 12.4 Å². The summed E-state index contributed by atoms with van der Waals surface area (Å²) in [4.78, 5) is 16.5. The molecule has 0 aromatic heterocycles. The van der Waals surface area contributed by atoms with Crippen molar-refractivity contribution in [2.24, 2.45) is 4.99 Å². The summed E-state index contributed by atoms with van der Waals surface area (Å²) in [6.45, 7) is 0.422. The molecule has 0 bridgehead atoms. The molecule has 0 radical (unpaired) electrons. The van der Waals surface area contributed by atoms with E-state index >= 15 is 0 Å². The number of carbonyl (C=O) groups excluding carboxylic acids is 1. The van der Waals surface area contributed by atoms with Gasteiger partial charge < -0.3 is 9.47 Å². The highest BCUT2D eigenvalue weighted by molar-refractivity contribution is 9.10. The monoisotopic (exact) mass is 467 g/mol. The lowest BCUT2D eigenvalue weighted by atomic mass is 10.2. The Hall–Kier alpha value is -2.89. The summed E-state index contributed by atoms with van der Waals surface area (Å²) in [5.41, 5.74) is 2.80. The number of carbonyl (C=O) groups is 1. The Bertz CT molecular complexity index is 1110. The molecule has 0 N–H and O–H groups in total. The second-order valence-corrected chi connectivity index (χ2v) is 7.68. The van der Waals surface area contributed by atoms with Gasteiger partial charge in [0.05, 0.1) is 0 Å². The number of ether oxygens (including phenoxy) is 2. The number of benzene rings is 3. The van der Waals surface area contributed by atoms with E-state index in [0.717, 1.165) is 21.2 Å². The van der Waals surface area contributed by atoms with Crippen molar-refractivity contribution >= 4 is 45.5 Å². The van der Waals surface area contributed by atoms with Crippen molar-refractivity contribution in [3.63, 3.8) is 0 Å². The van der Waals surface area contributed by atoms with Crippen LogP contribution in [-0.2, 0) is 16.1 Å². The molecule has 3 aromatic rings. The Morgan fingerprint density at radius 1 is 1.03 bits per heavy atom. The van der Waals surface area contributed by atoms with Crippen LogP contribution in [0.25, 0.3) is 6.08 Å². The van der Waals surface area contributed by atoms with Gasteiger partial charge in [0.2, 0.25) is 5.90 Å². The van der Waals surface area contributed by atoms with E-state index in [1.165, 1.54) is 0 Å². The Morgan fingerprint density at radius 2 is 1.79 bits per heavy atom. The minimum Gasteiger partial charge on any atom is -0.489 e. The van der Waals surface area contributed by atoms with Gasteiger partial charge in [-0.25, -0.2) is 9.79 Å². The smallest absolute Gasteiger partial charge is 0.363 e. The summed E-state index contributed by atoms with van der Waals surface area (Å²) in [5.74, 6) is 0.511. The molecule has 0 atom stereocenters. The van der Waals surface area contributed by atoms with Gasteiger partial charge in [-0.3, -0.25) is 0 Å². The van der Waals surface area contributed by atoms with Gasteiger partial charge in [0.25, 0.3) is 0 Å². The number of halogens is 2. The molecule has 0 saturated carbocycles.